The zero-order valence-corrected chi connectivity index (χ0v) is 14.1. The molecule has 24 heavy (non-hydrogen) atoms. The van der Waals surface area contributed by atoms with E-state index < -0.39 is 4.92 Å². The van der Waals surface area contributed by atoms with Gasteiger partial charge in [0.2, 0.25) is 5.75 Å². The van der Waals surface area contributed by atoms with Gasteiger partial charge in [-0.3, -0.25) is 10.1 Å². The number of benzene rings is 1. The second-order valence-corrected chi connectivity index (χ2v) is 6.09. The first-order chi connectivity index (χ1) is 11.5. The molecule has 0 saturated carbocycles. The number of hydrogen-bond acceptors (Lipinski definition) is 7. The molecule has 1 fully saturated rings. The van der Waals surface area contributed by atoms with Crippen molar-refractivity contribution in [2.45, 2.75) is 19.4 Å². The molecular formula is C16H22N4O4. The average molecular weight is 334 g/mol. The van der Waals surface area contributed by atoms with Gasteiger partial charge in [-0.2, -0.15) is 5.10 Å². The normalized spacial score (nSPS) is 23.2. The second kappa shape index (κ2) is 6.64. The lowest BCUT2D eigenvalue weighted by atomic mass is 9.86. The van der Waals surface area contributed by atoms with E-state index in [1.807, 2.05) is 6.07 Å². The van der Waals surface area contributed by atoms with E-state index >= 15 is 0 Å². The summed E-state index contributed by atoms with van der Waals surface area (Å²) in [6.45, 7) is 3.97. The summed E-state index contributed by atoms with van der Waals surface area (Å²) in [7, 11) is 3.57. The predicted octanol–water partition coefficient (Wildman–Crippen LogP) is 1.95. The van der Waals surface area contributed by atoms with E-state index in [-0.39, 0.29) is 23.4 Å². The minimum atomic E-state index is -0.430. The Kier molecular flexibility index (Phi) is 4.57. The molecule has 0 bridgehead atoms. The lowest BCUT2D eigenvalue weighted by molar-refractivity contribution is -0.386. The summed E-state index contributed by atoms with van der Waals surface area (Å²) in [5.74, 6) is 0.764. The third kappa shape index (κ3) is 2.89. The van der Waals surface area contributed by atoms with Crippen molar-refractivity contribution in [3.63, 3.8) is 0 Å². The van der Waals surface area contributed by atoms with Crippen molar-refractivity contribution < 1.29 is 14.4 Å². The molecule has 3 rings (SSSR count). The Morgan fingerprint density at radius 2 is 2.29 bits per heavy atom. The molecule has 1 N–H and O–H groups in total. The Morgan fingerprint density at radius 1 is 1.50 bits per heavy atom. The Labute approximate surface area is 140 Å². The minimum Gasteiger partial charge on any atom is -0.493 e. The van der Waals surface area contributed by atoms with Crippen LogP contribution in [0.4, 0.5) is 5.69 Å². The van der Waals surface area contributed by atoms with Crippen LogP contribution in [0.2, 0.25) is 0 Å². The standard InChI is InChI=1S/C16H22N4O4/c1-4-24-16-13(20(21)22)7-10(8-14(16)23-3)15-11-9-19(2)6-5-12(11)17-18-15/h7-8,11,15,18H,4-6,9H2,1-3H3. The van der Waals surface area contributed by atoms with Gasteiger partial charge >= 0.3 is 5.69 Å². The van der Waals surface area contributed by atoms with Crippen molar-refractivity contribution in [3.8, 4) is 11.5 Å². The molecule has 2 heterocycles. The van der Waals surface area contributed by atoms with Gasteiger partial charge in [-0.15, -0.1) is 0 Å². The first-order valence-electron chi connectivity index (χ1n) is 8.04. The fourth-order valence-corrected chi connectivity index (χ4v) is 3.37. The van der Waals surface area contributed by atoms with Crippen molar-refractivity contribution in [2.24, 2.45) is 11.0 Å². The van der Waals surface area contributed by atoms with Gasteiger partial charge in [-0.25, -0.2) is 0 Å². The molecule has 0 spiro atoms. The van der Waals surface area contributed by atoms with E-state index in [4.69, 9.17) is 9.47 Å². The maximum atomic E-state index is 11.5. The van der Waals surface area contributed by atoms with Gasteiger partial charge in [0.05, 0.1) is 24.7 Å². The Bertz CT molecular complexity index is 676. The van der Waals surface area contributed by atoms with Gasteiger partial charge in [-0.05, 0) is 25.6 Å². The molecule has 8 nitrogen and oxygen atoms in total. The van der Waals surface area contributed by atoms with E-state index in [0.29, 0.717) is 12.4 Å². The predicted molar refractivity (Wildman–Crippen MR) is 89.7 cm³/mol. The summed E-state index contributed by atoms with van der Waals surface area (Å²) in [4.78, 5) is 13.3. The summed E-state index contributed by atoms with van der Waals surface area (Å²) in [6.07, 6.45) is 0.918. The van der Waals surface area contributed by atoms with Crippen molar-refractivity contribution in [1.29, 1.82) is 0 Å². The first-order valence-corrected chi connectivity index (χ1v) is 8.04. The lowest BCUT2D eigenvalue weighted by Gasteiger charge is -2.31. The summed E-state index contributed by atoms with van der Waals surface area (Å²) >= 11 is 0. The van der Waals surface area contributed by atoms with Gasteiger partial charge < -0.3 is 19.8 Å². The Morgan fingerprint density at radius 3 is 2.96 bits per heavy atom. The second-order valence-electron chi connectivity index (χ2n) is 6.09. The molecule has 0 radical (unpaired) electrons. The number of likely N-dealkylation sites (tertiary alicyclic amines) is 1. The largest absolute Gasteiger partial charge is 0.493 e. The van der Waals surface area contributed by atoms with Gasteiger partial charge in [0.15, 0.2) is 5.75 Å². The highest BCUT2D eigenvalue weighted by molar-refractivity contribution is 5.90. The Hall–Kier alpha value is -2.35. The number of nitro benzene ring substituents is 1. The quantitative estimate of drug-likeness (QED) is 0.654. The van der Waals surface area contributed by atoms with Crippen LogP contribution in [0, 0.1) is 16.0 Å². The lowest BCUT2D eigenvalue weighted by Crippen LogP contribution is -2.39. The van der Waals surface area contributed by atoms with Crippen LogP contribution >= 0.6 is 0 Å². The maximum Gasteiger partial charge on any atom is 0.315 e. The number of hydrazone groups is 1. The fraction of sp³-hybridized carbons (Fsp3) is 0.562. The monoisotopic (exact) mass is 334 g/mol. The van der Waals surface area contributed by atoms with Gasteiger partial charge in [0.1, 0.15) is 0 Å². The number of piperidine rings is 1. The molecule has 8 heteroatoms. The van der Waals surface area contributed by atoms with Crippen molar-refractivity contribution in [3.05, 3.63) is 27.8 Å². The average Bonchev–Trinajstić information content (AvgIpc) is 2.98. The summed E-state index contributed by atoms with van der Waals surface area (Å²) in [5, 5.41) is 15.9. The number of fused-ring (bicyclic) bond motifs is 1. The van der Waals surface area contributed by atoms with Crippen molar-refractivity contribution in [1.82, 2.24) is 10.3 Å². The van der Waals surface area contributed by atoms with Gasteiger partial charge in [0.25, 0.3) is 0 Å². The number of ether oxygens (including phenoxy) is 2. The number of rotatable bonds is 5. The number of nitro groups is 1. The molecule has 0 amide bonds. The molecule has 2 aliphatic heterocycles. The zero-order chi connectivity index (χ0) is 17.3. The third-order valence-electron chi connectivity index (χ3n) is 4.56. The SMILES string of the molecule is CCOc1c(OC)cc(C2NN=C3CCN(C)CC32)cc1[N+](=O)[O-]. The molecule has 130 valence electrons. The highest BCUT2D eigenvalue weighted by Gasteiger charge is 2.37. The number of methoxy groups -OCH3 is 1. The van der Waals surface area contributed by atoms with Crippen molar-refractivity contribution in [2.75, 3.05) is 33.9 Å². The van der Waals surface area contributed by atoms with Crippen LogP contribution < -0.4 is 14.9 Å². The van der Waals surface area contributed by atoms with Crippen LogP contribution in [0.3, 0.4) is 0 Å². The van der Waals surface area contributed by atoms with Crippen LogP contribution in [0.5, 0.6) is 11.5 Å². The molecule has 2 unspecified atom stereocenters. The zero-order valence-electron chi connectivity index (χ0n) is 14.1. The smallest absolute Gasteiger partial charge is 0.315 e. The molecule has 1 aromatic carbocycles. The maximum absolute atomic E-state index is 11.5. The number of hydrogen-bond donors (Lipinski definition) is 1. The van der Waals surface area contributed by atoms with Crippen LogP contribution in [0.25, 0.3) is 0 Å². The number of nitrogens with one attached hydrogen (secondary N) is 1. The minimum absolute atomic E-state index is 0.0781. The topological polar surface area (TPSA) is 89.2 Å². The first kappa shape index (κ1) is 16.5. The molecule has 0 aromatic heterocycles. The summed E-state index contributed by atoms with van der Waals surface area (Å²) < 4.78 is 10.8. The highest BCUT2D eigenvalue weighted by Crippen LogP contribution is 2.42. The molecule has 2 aliphatic rings. The number of nitrogens with zero attached hydrogens (tertiary/aromatic N) is 3. The Balaban J connectivity index is 1.99. The van der Waals surface area contributed by atoms with E-state index in [9.17, 15) is 10.1 Å². The van der Waals surface area contributed by atoms with E-state index in [2.05, 4.69) is 22.5 Å². The molecule has 2 atom stereocenters. The summed E-state index contributed by atoms with van der Waals surface area (Å²) in [6, 6.07) is 3.28. The third-order valence-corrected chi connectivity index (χ3v) is 4.56. The molecular weight excluding hydrogens is 312 g/mol. The molecule has 1 aromatic rings. The van der Waals surface area contributed by atoms with E-state index in [0.717, 1.165) is 30.8 Å². The fourth-order valence-electron chi connectivity index (χ4n) is 3.37. The summed E-state index contributed by atoms with van der Waals surface area (Å²) in [5.41, 5.74) is 4.99. The molecule has 0 aliphatic carbocycles. The van der Waals surface area contributed by atoms with Crippen molar-refractivity contribution >= 4 is 11.4 Å². The highest BCUT2D eigenvalue weighted by atomic mass is 16.6. The van der Waals surface area contributed by atoms with Gasteiger partial charge in [0, 0.05) is 37.2 Å². The van der Waals surface area contributed by atoms with Crippen LogP contribution in [0.15, 0.2) is 17.2 Å². The molecule has 1 saturated heterocycles. The van der Waals surface area contributed by atoms with Gasteiger partial charge in [-0.1, -0.05) is 0 Å². The van der Waals surface area contributed by atoms with Crippen LogP contribution in [0.1, 0.15) is 24.9 Å². The van der Waals surface area contributed by atoms with E-state index in [1.54, 1.807) is 13.0 Å². The van der Waals surface area contributed by atoms with Crippen LogP contribution in [-0.2, 0) is 0 Å². The van der Waals surface area contributed by atoms with Crippen LogP contribution in [-0.4, -0.2) is 49.4 Å². The van der Waals surface area contributed by atoms with E-state index in [1.165, 1.54) is 7.11 Å².